The minimum absolute atomic E-state index is 0.231. The van der Waals surface area contributed by atoms with Gasteiger partial charge in [-0.05, 0) is 73.8 Å². The lowest BCUT2D eigenvalue weighted by Gasteiger charge is -2.30. The van der Waals surface area contributed by atoms with Crippen molar-refractivity contribution in [3.63, 3.8) is 0 Å². The molecule has 1 aromatic rings. The second-order valence-corrected chi connectivity index (χ2v) is 6.25. The number of benzene rings is 1. The normalized spacial score (nSPS) is 19.0. The van der Waals surface area contributed by atoms with Crippen molar-refractivity contribution in [2.75, 3.05) is 6.61 Å². The number of carboxylic acids is 1. The summed E-state index contributed by atoms with van der Waals surface area (Å²) in [6, 6.07) is 2.14. The van der Waals surface area contributed by atoms with E-state index in [2.05, 4.69) is 26.8 Å². The fraction of sp³-hybridized carbons (Fsp3) is 0.611. The maximum absolute atomic E-state index is 11.2. The van der Waals surface area contributed by atoms with Crippen LogP contribution < -0.4 is 4.74 Å². The van der Waals surface area contributed by atoms with Gasteiger partial charge in [-0.3, -0.25) is 4.79 Å². The van der Waals surface area contributed by atoms with Crippen LogP contribution in [-0.2, 0) is 17.6 Å². The van der Waals surface area contributed by atoms with Crippen molar-refractivity contribution in [3.8, 4) is 5.75 Å². The molecule has 21 heavy (non-hydrogen) atoms. The van der Waals surface area contributed by atoms with Gasteiger partial charge in [0.15, 0.2) is 0 Å². The van der Waals surface area contributed by atoms with Gasteiger partial charge >= 0.3 is 5.97 Å². The van der Waals surface area contributed by atoms with E-state index in [9.17, 15) is 9.90 Å². The van der Waals surface area contributed by atoms with Crippen molar-refractivity contribution in [1.82, 2.24) is 0 Å². The predicted octanol–water partition coefficient (Wildman–Crippen LogP) is 3.92. The van der Waals surface area contributed by atoms with Gasteiger partial charge in [0, 0.05) is 0 Å². The molecule has 0 spiro atoms. The molecule has 0 bridgehead atoms. The highest BCUT2D eigenvalue weighted by molar-refractivity contribution is 5.70. The van der Waals surface area contributed by atoms with E-state index in [0.717, 1.165) is 38.0 Å². The van der Waals surface area contributed by atoms with Crippen LogP contribution in [0.25, 0.3) is 0 Å². The Hall–Kier alpha value is -1.51. The van der Waals surface area contributed by atoms with E-state index in [0.29, 0.717) is 0 Å². The molecular weight excluding hydrogens is 264 g/mol. The number of fused-ring (bicyclic) bond motifs is 1. The van der Waals surface area contributed by atoms with Gasteiger partial charge < -0.3 is 9.84 Å². The van der Waals surface area contributed by atoms with Gasteiger partial charge in [-0.25, -0.2) is 0 Å². The van der Waals surface area contributed by atoms with Gasteiger partial charge in [-0.15, -0.1) is 0 Å². The number of hydrogen-bond donors (Lipinski definition) is 1. The molecule has 0 aliphatic heterocycles. The summed E-state index contributed by atoms with van der Waals surface area (Å²) in [5.41, 5.74) is 5.21. The summed E-state index contributed by atoms with van der Waals surface area (Å²) in [7, 11) is 0. The summed E-state index contributed by atoms with van der Waals surface area (Å²) in [6.07, 6.45) is 3.81. The molecule has 0 fully saturated rings. The van der Waals surface area contributed by atoms with Crippen molar-refractivity contribution in [2.24, 2.45) is 11.8 Å². The first kappa shape index (κ1) is 15.9. The van der Waals surface area contributed by atoms with Crippen LogP contribution in [0.15, 0.2) is 6.07 Å². The van der Waals surface area contributed by atoms with Crippen molar-refractivity contribution < 1.29 is 14.6 Å². The van der Waals surface area contributed by atoms with E-state index in [4.69, 9.17) is 4.74 Å². The number of aryl methyl sites for hydroxylation is 1. The molecular formula is C18H26O3. The Kier molecular flexibility index (Phi) is 4.92. The molecule has 0 saturated heterocycles. The number of hydrogen-bond acceptors (Lipinski definition) is 2. The van der Waals surface area contributed by atoms with Crippen LogP contribution in [0, 0.1) is 25.7 Å². The molecule has 1 aromatic carbocycles. The average molecular weight is 290 g/mol. The van der Waals surface area contributed by atoms with Crippen LogP contribution in [0.3, 0.4) is 0 Å². The Morgan fingerprint density at radius 1 is 1.43 bits per heavy atom. The lowest BCUT2D eigenvalue weighted by molar-refractivity contribution is -0.143. The molecule has 2 atom stereocenters. The van der Waals surface area contributed by atoms with Crippen LogP contribution in [0.1, 0.15) is 48.9 Å². The first-order chi connectivity index (χ1) is 9.95. The van der Waals surface area contributed by atoms with Gasteiger partial charge in [0.1, 0.15) is 5.75 Å². The Bertz CT molecular complexity index is 534. The molecule has 0 unspecified atom stereocenters. The number of carbonyl (C=O) groups is 1. The van der Waals surface area contributed by atoms with Crippen LogP contribution in [0.2, 0.25) is 0 Å². The molecule has 3 heteroatoms. The minimum atomic E-state index is -0.684. The van der Waals surface area contributed by atoms with Crippen molar-refractivity contribution in [2.45, 2.75) is 53.4 Å². The van der Waals surface area contributed by atoms with Crippen LogP contribution in [0.4, 0.5) is 0 Å². The lowest BCUT2D eigenvalue weighted by atomic mass is 9.75. The van der Waals surface area contributed by atoms with E-state index in [1.165, 1.54) is 22.3 Å². The maximum Gasteiger partial charge on any atom is 0.306 e. The van der Waals surface area contributed by atoms with Gasteiger partial charge in [0.2, 0.25) is 0 Å². The number of rotatable bonds is 5. The second kappa shape index (κ2) is 6.50. The highest BCUT2D eigenvalue weighted by Gasteiger charge is 2.30. The molecule has 2 rings (SSSR count). The largest absolute Gasteiger partial charge is 0.493 e. The Morgan fingerprint density at radius 2 is 2.14 bits per heavy atom. The van der Waals surface area contributed by atoms with E-state index >= 15 is 0 Å². The zero-order valence-electron chi connectivity index (χ0n) is 13.5. The van der Waals surface area contributed by atoms with Gasteiger partial charge in [-0.2, -0.15) is 0 Å². The van der Waals surface area contributed by atoms with E-state index in [1.807, 2.05) is 6.92 Å². The zero-order chi connectivity index (χ0) is 15.6. The fourth-order valence-electron chi connectivity index (χ4n) is 3.31. The zero-order valence-corrected chi connectivity index (χ0v) is 13.5. The first-order valence-electron chi connectivity index (χ1n) is 7.93. The standard InChI is InChI=1S/C18H26O3/c1-5-8-21-17-9-11(2)15-7-6-14(12(3)18(19)20)10-16(15)13(17)4/h9,12,14H,5-8,10H2,1-4H3,(H,19,20)/t12-,14+/m0/s1. The monoisotopic (exact) mass is 290 g/mol. The molecule has 0 amide bonds. The van der Waals surface area contributed by atoms with Gasteiger partial charge in [-0.1, -0.05) is 13.8 Å². The molecule has 1 aliphatic carbocycles. The predicted molar refractivity (Wildman–Crippen MR) is 84.0 cm³/mol. The van der Waals surface area contributed by atoms with Crippen molar-refractivity contribution in [3.05, 3.63) is 28.3 Å². The third kappa shape index (κ3) is 3.22. The van der Waals surface area contributed by atoms with Crippen LogP contribution >= 0.6 is 0 Å². The summed E-state index contributed by atoms with van der Waals surface area (Å²) < 4.78 is 5.86. The SMILES string of the molecule is CCCOc1cc(C)c2c(c1C)C[C@H]([C@H](C)C(=O)O)CC2. The summed E-state index contributed by atoms with van der Waals surface area (Å²) in [4.78, 5) is 11.2. The summed E-state index contributed by atoms with van der Waals surface area (Å²) >= 11 is 0. The van der Waals surface area contributed by atoms with Gasteiger partial charge in [0.25, 0.3) is 0 Å². The fourth-order valence-corrected chi connectivity index (χ4v) is 3.31. The molecule has 1 N–H and O–H groups in total. The third-order valence-electron chi connectivity index (χ3n) is 4.80. The number of ether oxygens (including phenoxy) is 1. The van der Waals surface area contributed by atoms with Crippen molar-refractivity contribution in [1.29, 1.82) is 0 Å². The molecule has 0 aromatic heterocycles. The topological polar surface area (TPSA) is 46.5 Å². The van der Waals surface area contributed by atoms with Gasteiger partial charge in [0.05, 0.1) is 12.5 Å². The Labute approximate surface area is 127 Å². The smallest absolute Gasteiger partial charge is 0.306 e. The molecule has 3 nitrogen and oxygen atoms in total. The quantitative estimate of drug-likeness (QED) is 0.894. The highest BCUT2D eigenvalue weighted by Crippen LogP contribution is 2.37. The number of aliphatic carboxylic acids is 1. The lowest BCUT2D eigenvalue weighted by Crippen LogP contribution is -2.27. The van der Waals surface area contributed by atoms with E-state index < -0.39 is 5.97 Å². The number of carboxylic acid groups (broad SMARTS) is 1. The first-order valence-corrected chi connectivity index (χ1v) is 7.93. The van der Waals surface area contributed by atoms with E-state index in [1.54, 1.807) is 0 Å². The maximum atomic E-state index is 11.2. The minimum Gasteiger partial charge on any atom is -0.493 e. The van der Waals surface area contributed by atoms with Crippen LogP contribution in [0.5, 0.6) is 5.75 Å². The molecule has 0 heterocycles. The Morgan fingerprint density at radius 3 is 2.76 bits per heavy atom. The molecule has 116 valence electrons. The molecule has 1 aliphatic rings. The van der Waals surface area contributed by atoms with Crippen LogP contribution in [-0.4, -0.2) is 17.7 Å². The summed E-state index contributed by atoms with van der Waals surface area (Å²) in [5, 5.41) is 9.25. The highest BCUT2D eigenvalue weighted by atomic mass is 16.5. The summed E-state index contributed by atoms with van der Waals surface area (Å²) in [5.74, 6) is 0.237. The van der Waals surface area contributed by atoms with E-state index in [-0.39, 0.29) is 11.8 Å². The molecule has 0 radical (unpaired) electrons. The Balaban J connectivity index is 2.32. The second-order valence-electron chi connectivity index (χ2n) is 6.25. The summed E-state index contributed by atoms with van der Waals surface area (Å²) in [6.45, 7) is 8.91. The third-order valence-corrected chi connectivity index (χ3v) is 4.80. The average Bonchev–Trinajstić information content (AvgIpc) is 2.48. The van der Waals surface area contributed by atoms with Crippen molar-refractivity contribution >= 4 is 5.97 Å². The molecule has 0 saturated carbocycles.